The number of anilines is 1. The molecule has 0 saturated carbocycles. The van der Waals surface area contributed by atoms with E-state index in [0.717, 1.165) is 36.5 Å². The molecule has 0 aliphatic carbocycles. The number of nitrogens with zero attached hydrogens (tertiary/aromatic N) is 3. The van der Waals surface area contributed by atoms with Gasteiger partial charge in [-0.05, 0) is 44.8 Å². The van der Waals surface area contributed by atoms with Gasteiger partial charge in [0.1, 0.15) is 9.76 Å². The highest BCUT2D eigenvalue weighted by molar-refractivity contribution is 9.10. The maximum absolute atomic E-state index is 6.23. The summed E-state index contributed by atoms with van der Waals surface area (Å²) in [7, 11) is 0. The van der Waals surface area contributed by atoms with Crippen molar-refractivity contribution in [2.75, 3.05) is 31.1 Å². The van der Waals surface area contributed by atoms with Gasteiger partial charge >= 0.3 is 0 Å². The topological polar surface area (TPSA) is 19.4 Å². The zero-order chi connectivity index (χ0) is 22.7. The molecule has 5 rings (SSSR count). The monoisotopic (exact) mass is 517 g/mol. The van der Waals surface area contributed by atoms with Gasteiger partial charge in [0, 0.05) is 31.9 Å². The minimum Gasteiger partial charge on any atom is -0.369 e. The summed E-state index contributed by atoms with van der Waals surface area (Å²) in [6.45, 7) is 3.63. The van der Waals surface area contributed by atoms with Crippen LogP contribution in [-0.4, -0.2) is 36.1 Å². The molecule has 1 saturated heterocycles. The van der Waals surface area contributed by atoms with E-state index in [1.54, 1.807) is 0 Å². The average molecular weight is 519 g/mol. The van der Waals surface area contributed by atoms with E-state index in [-0.39, 0.29) is 5.54 Å². The van der Waals surface area contributed by atoms with Crippen molar-refractivity contribution in [2.45, 2.75) is 5.54 Å². The SMILES string of the molecule is Clc1cc(N2CCN(C(c3ccccc3)(c3ccccc3)c3ccccc3)CC2)cc(Br)n1. The molecular formula is C28H25BrClN3. The van der Waals surface area contributed by atoms with Gasteiger partial charge in [0.15, 0.2) is 0 Å². The summed E-state index contributed by atoms with van der Waals surface area (Å²) >= 11 is 9.71. The maximum Gasteiger partial charge on any atom is 0.132 e. The molecule has 0 spiro atoms. The van der Waals surface area contributed by atoms with Gasteiger partial charge in [-0.3, -0.25) is 4.90 Å². The molecule has 1 fully saturated rings. The van der Waals surface area contributed by atoms with Crippen molar-refractivity contribution < 1.29 is 0 Å². The first-order chi connectivity index (χ1) is 16.2. The second-order valence-electron chi connectivity index (χ2n) is 8.25. The second kappa shape index (κ2) is 9.68. The molecule has 0 atom stereocenters. The van der Waals surface area contributed by atoms with Crippen LogP contribution in [0.3, 0.4) is 0 Å². The fourth-order valence-corrected chi connectivity index (χ4v) is 5.75. The molecule has 1 aromatic heterocycles. The Bertz CT molecular complexity index is 1080. The standard InChI is InChI=1S/C28H25BrClN3/c29-26-20-25(21-27(30)31-26)32-16-18-33(19-17-32)28(22-10-4-1-5-11-22,23-12-6-2-7-13-23)24-14-8-3-9-15-24/h1-15,20-21H,16-19H2. The number of hydrogen-bond donors (Lipinski definition) is 0. The minimum absolute atomic E-state index is 0.369. The molecule has 0 amide bonds. The number of halogens is 2. The highest BCUT2D eigenvalue weighted by Gasteiger charge is 2.43. The lowest BCUT2D eigenvalue weighted by atomic mass is 9.75. The van der Waals surface area contributed by atoms with E-state index >= 15 is 0 Å². The summed E-state index contributed by atoms with van der Waals surface area (Å²) in [4.78, 5) is 9.26. The van der Waals surface area contributed by atoms with Gasteiger partial charge in [0.05, 0.1) is 5.54 Å². The molecule has 4 aromatic rings. The minimum atomic E-state index is -0.369. The van der Waals surface area contributed by atoms with Crippen molar-refractivity contribution in [3.8, 4) is 0 Å². The van der Waals surface area contributed by atoms with Crippen molar-refractivity contribution in [1.82, 2.24) is 9.88 Å². The summed E-state index contributed by atoms with van der Waals surface area (Å²) in [5.74, 6) is 0. The molecule has 1 aliphatic rings. The van der Waals surface area contributed by atoms with E-state index in [0.29, 0.717) is 5.15 Å². The molecule has 0 N–H and O–H groups in total. The van der Waals surface area contributed by atoms with Crippen molar-refractivity contribution in [1.29, 1.82) is 0 Å². The van der Waals surface area contributed by atoms with Gasteiger partial charge in [-0.25, -0.2) is 4.98 Å². The molecule has 3 nitrogen and oxygen atoms in total. The summed E-state index contributed by atoms with van der Waals surface area (Å²) in [5.41, 5.74) is 4.58. The smallest absolute Gasteiger partial charge is 0.132 e. The van der Waals surface area contributed by atoms with E-state index in [1.165, 1.54) is 16.7 Å². The molecular weight excluding hydrogens is 494 g/mol. The quantitative estimate of drug-likeness (QED) is 0.219. The molecule has 166 valence electrons. The predicted molar refractivity (Wildman–Crippen MR) is 140 cm³/mol. The lowest BCUT2D eigenvalue weighted by molar-refractivity contribution is 0.147. The van der Waals surface area contributed by atoms with Crippen molar-refractivity contribution in [2.24, 2.45) is 0 Å². The number of piperazine rings is 1. The van der Waals surface area contributed by atoms with Crippen LogP contribution in [0.2, 0.25) is 5.15 Å². The van der Waals surface area contributed by atoms with E-state index < -0.39 is 0 Å². The van der Waals surface area contributed by atoms with Crippen LogP contribution >= 0.6 is 27.5 Å². The third-order valence-corrected chi connectivity index (χ3v) is 7.04. The van der Waals surface area contributed by atoms with Crippen molar-refractivity contribution in [3.63, 3.8) is 0 Å². The first kappa shape index (κ1) is 22.1. The van der Waals surface area contributed by atoms with Crippen LogP contribution in [0.1, 0.15) is 16.7 Å². The number of rotatable bonds is 5. The third-order valence-electron chi connectivity index (χ3n) is 6.44. The molecule has 33 heavy (non-hydrogen) atoms. The molecule has 3 aromatic carbocycles. The van der Waals surface area contributed by atoms with E-state index in [9.17, 15) is 0 Å². The van der Waals surface area contributed by atoms with Crippen LogP contribution in [0, 0.1) is 0 Å². The average Bonchev–Trinajstić information content (AvgIpc) is 2.86. The van der Waals surface area contributed by atoms with Crippen LogP contribution in [0.15, 0.2) is 108 Å². The highest BCUT2D eigenvalue weighted by Crippen LogP contribution is 2.43. The first-order valence-electron chi connectivity index (χ1n) is 11.2. The highest BCUT2D eigenvalue weighted by atomic mass is 79.9. The Morgan fingerprint density at radius 2 is 1.12 bits per heavy atom. The van der Waals surface area contributed by atoms with Gasteiger partial charge in [-0.1, -0.05) is 103 Å². The number of aromatic nitrogens is 1. The van der Waals surface area contributed by atoms with Crippen LogP contribution in [0.25, 0.3) is 0 Å². The largest absolute Gasteiger partial charge is 0.369 e. The van der Waals surface area contributed by atoms with Crippen LogP contribution < -0.4 is 4.90 Å². The van der Waals surface area contributed by atoms with Crippen LogP contribution in [0.4, 0.5) is 5.69 Å². The fourth-order valence-electron chi connectivity index (χ4n) is 5.02. The normalized spacial score (nSPS) is 14.9. The Kier molecular flexibility index (Phi) is 6.50. The van der Waals surface area contributed by atoms with E-state index in [4.69, 9.17) is 11.6 Å². The molecule has 2 heterocycles. The van der Waals surface area contributed by atoms with E-state index in [1.807, 2.05) is 12.1 Å². The molecule has 0 unspecified atom stereocenters. The summed E-state index contributed by atoms with van der Waals surface area (Å²) in [5, 5.41) is 0.508. The zero-order valence-corrected chi connectivity index (χ0v) is 20.6. The summed E-state index contributed by atoms with van der Waals surface area (Å²) in [6.07, 6.45) is 0. The first-order valence-corrected chi connectivity index (χ1v) is 12.3. The summed E-state index contributed by atoms with van der Waals surface area (Å²) in [6, 6.07) is 36.6. The van der Waals surface area contributed by atoms with Crippen LogP contribution in [0.5, 0.6) is 0 Å². The lowest BCUT2D eigenvalue weighted by Gasteiger charge is -2.49. The van der Waals surface area contributed by atoms with Crippen molar-refractivity contribution in [3.05, 3.63) is 130 Å². The predicted octanol–water partition coefficient (Wildman–Crippen LogP) is 6.61. The Balaban J connectivity index is 1.59. The van der Waals surface area contributed by atoms with Gasteiger partial charge in [0.2, 0.25) is 0 Å². The Hall–Kier alpha value is -2.66. The number of benzene rings is 3. The Morgan fingerprint density at radius 1 is 0.667 bits per heavy atom. The van der Waals surface area contributed by atoms with Crippen LogP contribution in [-0.2, 0) is 5.54 Å². The Labute approximate surface area is 208 Å². The lowest BCUT2D eigenvalue weighted by Crippen LogP contribution is -2.56. The summed E-state index contributed by atoms with van der Waals surface area (Å²) < 4.78 is 0.764. The zero-order valence-electron chi connectivity index (χ0n) is 18.2. The number of hydrogen-bond acceptors (Lipinski definition) is 3. The Morgan fingerprint density at radius 3 is 1.55 bits per heavy atom. The van der Waals surface area contributed by atoms with Gasteiger partial charge in [-0.2, -0.15) is 0 Å². The number of pyridine rings is 1. The fraction of sp³-hybridized carbons (Fsp3) is 0.179. The van der Waals surface area contributed by atoms with E-state index in [2.05, 4.69) is 122 Å². The molecule has 0 bridgehead atoms. The molecule has 1 aliphatic heterocycles. The maximum atomic E-state index is 6.23. The van der Waals surface area contributed by atoms with Crippen molar-refractivity contribution >= 4 is 33.2 Å². The van der Waals surface area contributed by atoms with Gasteiger partial charge < -0.3 is 4.90 Å². The molecule has 0 radical (unpaired) electrons. The third kappa shape index (κ3) is 4.31. The van der Waals surface area contributed by atoms with Gasteiger partial charge in [-0.15, -0.1) is 0 Å². The van der Waals surface area contributed by atoms with Gasteiger partial charge in [0.25, 0.3) is 0 Å². The second-order valence-corrected chi connectivity index (χ2v) is 9.45. The molecule has 5 heteroatoms.